The van der Waals surface area contributed by atoms with Crippen LogP contribution >= 0.6 is 11.6 Å². The van der Waals surface area contributed by atoms with Crippen molar-refractivity contribution in [2.45, 2.75) is 6.17 Å². The third-order valence-corrected chi connectivity index (χ3v) is 6.34. The number of aromatic nitrogens is 3. The number of hydrogen-bond acceptors (Lipinski definition) is 6. The SMILES string of the molecule is COc1ccc2c(c1OC)C(=O)N1c3ccc(Cl)cc3-c3nc(=O)c(-c4ccccc4)nn3[C@H]21. The predicted molar refractivity (Wildman–Crippen MR) is 127 cm³/mol. The van der Waals surface area contributed by atoms with Crippen molar-refractivity contribution in [1.29, 1.82) is 0 Å². The summed E-state index contributed by atoms with van der Waals surface area (Å²) >= 11 is 6.29. The molecule has 0 N–H and O–H groups in total. The smallest absolute Gasteiger partial charge is 0.300 e. The molecule has 1 amide bonds. The molecule has 8 nitrogen and oxygen atoms in total. The van der Waals surface area contributed by atoms with Crippen molar-refractivity contribution >= 4 is 23.2 Å². The lowest BCUT2D eigenvalue weighted by Gasteiger charge is -2.34. The van der Waals surface area contributed by atoms with Gasteiger partial charge in [-0.15, -0.1) is 0 Å². The number of hydrogen-bond donors (Lipinski definition) is 0. The fourth-order valence-corrected chi connectivity index (χ4v) is 4.83. The van der Waals surface area contributed by atoms with Gasteiger partial charge in [0.2, 0.25) is 0 Å². The molecule has 1 atom stereocenters. The van der Waals surface area contributed by atoms with E-state index in [1.807, 2.05) is 24.3 Å². The first-order valence-electron chi connectivity index (χ1n) is 10.5. The van der Waals surface area contributed by atoms with Gasteiger partial charge in [-0.25, -0.2) is 4.68 Å². The standard InChI is InChI=1S/C25H17ClN4O4/c1-33-18-11-9-15-19(21(18)34-2)25(32)29-17-10-8-14(26)12-16(17)22-27-23(31)20(28-30(22)24(15)29)13-6-4-3-5-7-13/h3-12,24H,1-2H3/t24-/m1/s1. The third-order valence-electron chi connectivity index (χ3n) is 6.11. The monoisotopic (exact) mass is 472 g/mol. The molecule has 9 heteroatoms. The molecule has 0 saturated carbocycles. The molecular weight excluding hydrogens is 456 g/mol. The molecule has 0 unspecified atom stereocenters. The van der Waals surface area contributed by atoms with E-state index < -0.39 is 11.7 Å². The van der Waals surface area contributed by atoms with E-state index in [0.717, 1.165) is 0 Å². The van der Waals surface area contributed by atoms with Crippen LogP contribution in [0.3, 0.4) is 0 Å². The number of fused-ring (bicyclic) bond motifs is 8. The highest BCUT2D eigenvalue weighted by molar-refractivity contribution is 6.31. The summed E-state index contributed by atoms with van der Waals surface area (Å²) in [5.74, 6) is 0.848. The molecule has 0 saturated heterocycles. The fraction of sp³-hybridized carbons (Fsp3) is 0.120. The Morgan fingerprint density at radius 2 is 1.76 bits per heavy atom. The number of rotatable bonds is 3. The average Bonchev–Trinajstić information content (AvgIpc) is 3.16. The second-order valence-electron chi connectivity index (χ2n) is 7.88. The summed E-state index contributed by atoms with van der Waals surface area (Å²) in [5, 5.41) is 5.17. The predicted octanol–water partition coefficient (Wildman–Crippen LogP) is 4.16. The minimum absolute atomic E-state index is 0.191. The zero-order chi connectivity index (χ0) is 23.6. The summed E-state index contributed by atoms with van der Waals surface area (Å²) in [6.07, 6.45) is -0.665. The number of halogens is 1. The van der Waals surface area contributed by atoms with Crippen molar-refractivity contribution in [2.24, 2.45) is 0 Å². The highest BCUT2D eigenvalue weighted by Crippen LogP contribution is 2.50. The van der Waals surface area contributed by atoms with Gasteiger partial charge >= 0.3 is 0 Å². The van der Waals surface area contributed by atoms with Crippen molar-refractivity contribution < 1.29 is 14.3 Å². The zero-order valence-corrected chi connectivity index (χ0v) is 18.9. The fourth-order valence-electron chi connectivity index (χ4n) is 4.66. The van der Waals surface area contributed by atoms with Gasteiger partial charge < -0.3 is 9.47 Å². The Hall–Kier alpha value is -4.17. The summed E-state index contributed by atoms with van der Waals surface area (Å²) in [7, 11) is 3.01. The van der Waals surface area contributed by atoms with Crippen LogP contribution in [0.5, 0.6) is 11.5 Å². The molecule has 34 heavy (non-hydrogen) atoms. The summed E-state index contributed by atoms with van der Waals surface area (Å²) in [6, 6.07) is 17.8. The Morgan fingerprint density at radius 1 is 0.971 bits per heavy atom. The molecule has 2 aliphatic heterocycles. The molecule has 0 fully saturated rings. The maximum absolute atomic E-state index is 13.8. The van der Waals surface area contributed by atoms with Crippen LogP contribution in [0.4, 0.5) is 5.69 Å². The number of carbonyl (C=O) groups is 1. The molecular formula is C25H17ClN4O4. The molecule has 3 aromatic carbocycles. The minimum atomic E-state index is -0.665. The van der Waals surface area contributed by atoms with Gasteiger partial charge in [0.15, 0.2) is 29.2 Å². The maximum atomic E-state index is 13.8. The van der Waals surface area contributed by atoms with Crippen LogP contribution < -0.4 is 19.9 Å². The topological polar surface area (TPSA) is 86.6 Å². The van der Waals surface area contributed by atoms with Crippen molar-refractivity contribution in [1.82, 2.24) is 14.8 Å². The van der Waals surface area contributed by atoms with Gasteiger partial charge in [-0.1, -0.05) is 48.0 Å². The summed E-state index contributed by atoms with van der Waals surface area (Å²) < 4.78 is 12.6. The lowest BCUT2D eigenvalue weighted by molar-refractivity contribution is 0.0983. The number of methoxy groups -OCH3 is 2. The Bertz CT molecular complexity index is 1550. The van der Waals surface area contributed by atoms with Crippen molar-refractivity contribution in [3.8, 4) is 34.1 Å². The normalized spacial score (nSPS) is 15.3. The van der Waals surface area contributed by atoms with E-state index in [0.29, 0.717) is 50.3 Å². The van der Waals surface area contributed by atoms with E-state index in [9.17, 15) is 9.59 Å². The van der Waals surface area contributed by atoms with Crippen LogP contribution in [-0.2, 0) is 0 Å². The molecule has 0 aliphatic carbocycles. The molecule has 168 valence electrons. The largest absolute Gasteiger partial charge is 0.493 e. The van der Waals surface area contributed by atoms with Gasteiger partial charge in [0.1, 0.15) is 0 Å². The first-order chi connectivity index (χ1) is 16.5. The van der Waals surface area contributed by atoms with E-state index >= 15 is 0 Å². The lowest BCUT2D eigenvalue weighted by Crippen LogP contribution is -2.39. The molecule has 1 aromatic heterocycles. The Kier molecular flexibility index (Phi) is 4.46. The summed E-state index contributed by atoms with van der Waals surface area (Å²) in [5.41, 5.74) is 2.53. The number of nitrogens with zero attached hydrogens (tertiary/aromatic N) is 4. The quantitative estimate of drug-likeness (QED) is 0.445. The van der Waals surface area contributed by atoms with E-state index in [2.05, 4.69) is 4.98 Å². The van der Waals surface area contributed by atoms with Gasteiger partial charge in [0, 0.05) is 21.7 Å². The van der Waals surface area contributed by atoms with Gasteiger partial charge in [-0.05, 0) is 24.3 Å². The van der Waals surface area contributed by atoms with Crippen LogP contribution in [0, 0.1) is 0 Å². The maximum Gasteiger partial charge on any atom is 0.300 e. The third kappa shape index (κ3) is 2.72. The van der Waals surface area contributed by atoms with Gasteiger partial charge in [0.25, 0.3) is 11.5 Å². The van der Waals surface area contributed by atoms with E-state index in [-0.39, 0.29) is 11.6 Å². The Morgan fingerprint density at radius 3 is 2.50 bits per heavy atom. The second kappa shape index (κ2) is 7.43. The van der Waals surface area contributed by atoms with Gasteiger partial charge in [-0.3, -0.25) is 14.5 Å². The summed E-state index contributed by atoms with van der Waals surface area (Å²) in [4.78, 5) is 32.9. The van der Waals surface area contributed by atoms with Gasteiger partial charge in [0.05, 0.1) is 25.5 Å². The highest BCUT2D eigenvalue weighted by atomic mass is 35.5. The first kappa shape index (κ1) is 20.4. The molecule has 0 spiro atoms. The van der Waals surface area contributed by atoms with E-state index in [4.69, 9.17) is 26.2 Å². The molecule has 3 heterocycles. The minimum Gasteiger partial charge on any atom is -0.493 e. The van der Waals surface area contributed by atoms with Crippen LogP contribution in [0.1, 0.15) is 22.1 Å². The van der Waals surface area contributed by atoms with Crippen molar-refractivity contribution in [3.05, 3.63) is 87.2 Å². The van der Waals surface area contributed by atoms with Gasteiger partial charge in [-0.2, -0.15) is 10.1 Å². The van der Waals surface area contributed by atoms with E-state index in [1.165, 1.54) is 14.2 Å². The molecule has 6 rings (SSSR count). The van der Waals surface area contributed by atoms with Crippen molar-refractivity contribution in [2.75, 3.05) is 19.1 Å². The van der Waals surface area contributed by atoms with Crippen LogP contribution in [0.2, 0.25) is 5.02 Å². The molecule has 2 aliphatic rings. The van der Waals surface area contributed by atoms with Crippen molar-refractivity contribution in [3.63, 3.8) is 0 Å². The first-order valence-corrected chi connectivity index (χ1v) is 10.9. The number of amides is 1. The average molecular weight is 473 g/mol. The van der Waals surface area contributed by atoms with E-state index in [1.54, 1.807) is 46.0 Å². The molecule has 4 aromatic rings. The highest BCUT2D eigenvalue weighted by Gasteiger charge is 2.47. The van der Waals surface area contributed by atoms with Crippen LogP contribution in [0.25, 0.3) is 22.6 Å². The second-order valence-corrected chi connectivity index (χ2v) is 8.31. The Labute approximate surface area is 199 Å². The number of ether oxygens (including phenoxy) is 2. The lowest BCUT2D eigenvalue weighted by atomic mass is 10.0. The Balaban J connectivity index is 1.69. The number of carbonyl (C=O) groups excluding carboxylic acids is 1. The molecule has 0 bridgehead atoms. The molecule has 0 radical (unpaired) electrons. The zero-order valence-electron chi connectivity index (χ0n) is 18.2. The number of benzene rings is 3. The summed E-state index contributed by atoms with van der Waals surface area (Å²) in [6.45, 7) is 0. The van der Waals surface area contributed by atoms with Crippen LogP contribution in [-0.4, -0.2) is 34.9 Å². The van der Waals surface area contributed by atoms with Crippen LogP contribution in [0.15, 0.2) is 65.5 Å². The number of anilines is 1.